The molecular weight excluding hydrogens is 394 g/mol. The van der Waals surface area contributed by atoms with Crippen molar-refractivity contribution in [2.45, 2.75) is 69.6 Å². The van der Waals surface area contributed by atoms with E-state index in [2.05, 4.69) is 0 Å². The third-order valence-electron chi connectivity index (χ3n) is 6.26. The number of hydrogen-bond acceptors (Lipinski definition) is 3. The van der Waals surface area contributed by atoms with Crippen molar-refractivity contribution in [3.8, 4) is 0 Å². The van der Waals surface area contributed by atoms with E-state index in [1.54, 1.807) is 19.1 Å². The molecule has 0 atom stereocenters. The smallest absolute Gasteiger partial charge is 0.268 e. The van der Waals surface area contributed by atoms with Crippen LogP contribution in [0.25, 0.3) is 10.9 Å². The Hall–Kier alpha value is -2.40. The van der Waals surface area contributed by atoms with E-state index in [0.29, 0.717) is 18.8 Å². The van der Waals surface area contributed by atoms with Crippen molar-refractivity contribution in [2.75, 3.05) is 0 Å². The van der Waals surface area contributed by atoms with Gasteiger partial charge in [-0.1, -0.05) is 55.2 Å². The first-order valence-electron chi connectivity index (χ1n) is 10.8. The SMILES string of the molecule is CC(=O)CCc1c(C2CCCCC2)c2ccccc2n1S(=O)(=O)c1ccc(C)cc1. The lowest BCUT2D eigenvalue weighted by Crippen LogP contribution is -2.18. The van der Waals surface area contributed by atoms with Crippen LogP contribution in [-0.4, -0.2) is 18.2 Å². The number of aryl methyl sites for hydroxylation is 1. The Balaban J connectivity index is 1.98. The lowest BCUT2D eigenvalue weighted by Gasteiger charge is -2.23. The molecule has 0 bridgehead atoms. The van der Waals surface area contributed by atoms with Crippen molar-refractivity contribution in [1.82, 2.24) is 3.97 Å². The van der Waals surface area contributed by atoms with Crippen molar-refractivity contribution >= 4 is 26.7 Å². The van der Waals surface area contributed by atoms with E-state index >= 15 is 0 Å². The molecule has 4 rings (SSSR count). The number of fused-ring (bicyclic) bond motifs is 1. The van der Waals surface area contributed by atoms with Crippen LogP contribution in [0.15, 0.2) is 53.4 Å². The highest BCUT2D eigenvalue weighted by Gasteiger charge is 2.30. The van der Waals surface area contributed by atoms with Crippen LogP contribution in [0.5, 0.6) is 0 Å². The third-order valence-corrected chi connectivity index (χ3v) is 8.02. The van der Waals surface area contributed by atoms with Gasteiger partial charge in [0.1, 0.15) is 5.78 Å². The number of aromatic nitrogens is 1. The highest BCUT2D eigenvalue weighted by Crippen LogP contribution is 2.41. The van der Waals surface area contributed by atoms with Gasteiger partial charge in [0.2, 0.25) is 0 Å². The highest BCUT2D eigenvalue weighted by atomic mass is 32.2. The largest absolute Gasteiger partial charge is 0.300 e. The van der Waals surface area contributed by atoms with E-state index in [-0.39, 0.29) is 10.7 Å². The Labute approximate surface area is 179 Å². The fourth-order valence-electron chi connectivity index (χ4n) is 4.76. The van der Waals surface area contributed by atoms with Crippen LogP contribution in [-0.2, 0) is 21.2 Å². The maximum absolute atomic E-state index is 13.8. The van der Waals surface area contributed by atoms with E-state index < -0.39 is 10.0 Å². The molecule has 2 aromatic carbocycles. The molecule has 0 N–H and O–H groups in total. The topological polar surface area (TPSA) is 56.1 Å². The molecule has 5 heteroatoms. The van der Waals surface area contributed by atoms with E-state index in [0.717, 1.165) is 40.6 Å². The van der Waals surface area contributed by atoms with Crippen molar-refractivity contribution in [1.29, 1.82) is 0 Å². The summed E-state index contributed by atoms with van der Waals surface area (Å²) in [5, 5.41) is 1.01. The standard InChI is InChI=1S/C25H29NO3S/c1-18-12-15-21(16-13-18)30(28,29)26-23-11-7-6-10-22(23)25(20-8-4-3-5-9-20)24(26)17-14-19(2)27/h6-7,10-13,15-16,20H,3-5,8-9,14,17H2,1-2H3. The molecule has 4 nitrogen and oxygen atoms in total. The molecule has 158 valence electrons. The van der Waals surface area contributed by atoms with Crippen LogP contribution >= 0.6 is 0 Å². The number of hydrogen-bond donors (Lipinski definition) is 0. The number of Topliss-reactive ketones (excluding diaryl/α,β-unsaturated/α-hetero) is 1. The molecule has 1 aromatic heterocycles. The van der Waals surface area contributed by atoms with Gasteiger partial charge in [-0.25, -0.2) is 12.4 Å². The van der Waals surface area contributed by atoms with Gasteiger partial charge >= 0.3 is 0 Å². The van der Waals surface area contributed by atoms with Crippen LogP contribution in [0.2, 0.25) is 0 Å². The Kier molecular flexibility index (Phi) is 5.83. The third kappa shape index (κ3) is 3.83. The summed E-state index contributed by atoms with van der Waals surface area (Å²) in [5.41, 5.74) is 3.67. The molecule has 1 aliphatic rings. The minimum Gasteiger partial charge on any atom is -0.300 e. The van der Waals surface area contributed by atoms with E-state index in [9.17, 15) is 13.2 Å². The molecule has 1 saturated carbocycles. The number of carbonyl (C=O) groups excluding carboxylic acids is 1. The lowest BCUT2D eigenvalue weighted by molar-refractivity contribution is -0.117. The fraction of sp³-hybridized carbons (Fsp3) is 0.400. The van der Waals surface area contributed by atoms with Gasteiger partial charge in [-0.15, -0.1) is 0 Å². The molecule has 0 spiro atoms. The zero-order valence-electron chi connectivity index (χ0n) is 17.7. The second-order valence-electron chi connectivity index (χ2n) is 8.50. The predicted octanol–water partition coefficient (Wildman–Crippen LogP) is 5.76. The van der Waals surface area contributed by atoms with E-state index in [1.807, 2.05) is 43.3 Å². The molecule has 1 fully saturated rings. The summed E-state index contributed by atoms with van der Waals surface area (Å²) < 4.78 is 29.1. The quantitative estimate of drug-likeness (QED) is 0.507. The van der Waals surface area contributed by atoms with Crippen molar-refractivity contribution in [2.24, 2.45) is 0 Å². The van der Waals surface area contributed by atoms with Crippen LogP contribution in [0.3, 0.4) is 0 Å². The molecule has 30 heavy (non-hydrogen) atoms. The van der Waals surface area contributed by atoms with Gasteiger partial charge in [0, 0.05) is 17.5 Å². The molecular formula is C25H29NO3S. The normalized spacial score (nSPS) is 15.5. The van der Waals surface area contributed by atoms with Gasteiger partial charge in [0.05, 0.1) is 10.4 Å². The molecule has 0 radical (unpaired) electrons. The first kappa shape index (κ1) is 20.9. The van der Waals surface area contributed by atoms with Crippen molar-refractivity contribution < 1.29 is 13.2 Å². The first-order chi connectivity index (χ1) is 14.4. The van der Waals surface area contributed by atoms with Crippen LogP contribution < -0.4 is 0 Å². The summed E-state index contributed by atoms with van der Waals surface area (Å²) in [7, 11) is -3.77. The highest BCUT2D eigenvalue weighted by molar-refractivity contribution is 7.90. The average molecular weight is 424 g/mol. The summed E-state index contributed by atoms with van der Waals surface area (Å²) in [6, 6.07) is 14.8. The summed E-state index contributed by atoms with van der Waals surface area (Å²) >= 11 is 0. The van der Waals surface area contributed by atoms with Gasteiger partial charge in [-0.2, -0.15) is 0 Å². The first-order valence-corrected chi connectivity index (χ1v) is 12.3. The Bertz CT molecular complexity index is 1170. The zero-order chi connectivity index (χ0) is 21.3. The van der Waals surface area contributed by atoms with Crippen molar-refractivity contribution in [3.63, 3.8) is 0 Å². The second kappa shape index (κ2) is 8.38. The van der Waals surface area contributed by atoms with Gasteiger partial charge < -0.3 is 4.79 Å². The van der Waals surface area contributed by atoms with Gasteiger partial charge in [0.15, 0.2) is 0 Å². The molecule has 0 saturated heterocycles. The maximum Gasteiger partial charge on any atom is 0.268 e. The predicted molar refractivity (Wildman–Crippen MR) is 121 cm³/mol. The summed E-state index contributed by atoms with van der Waals surface area (Å²) in [6.07, 6.45) is 6.51. The maximum atomic E-state index is 13.8. The number of carbonyl (C=O) groups is 1. The molecule has 0 unspecified atom stereocenters. The van der Waals surface area contributed by atoms with Crippen LogP contribution in [0, 0.1) is 6.92 Å². The minimum atomic E-state index is -3.77. The minimum absolute atomic E-state index is 0.0779. The fourth-order valence-corrected chi connectivity index (χ4v) is 6.35. The van der Waals surface area contributed by atoms with Crippen LogP contribution in [0.1, 0.15) is 68.2 Å². The van der Waals surface area contributed by atoms with E-state index in [1.165, 1.54) is 23.2 Å². The monoisotopic (exact) mass is 423 g/mol. The van der Waals surface area contributed by atoms with Gasteiger partial charge in [0.25, 0.3) is 10.0 Å². The van der Waals surface area contributed by atoms with Crippen LogP contribution in [0.4, 0.5) is 0 Å². The lowest BCUT2D eigenvalue weighted by atomic mass is 9.82. The Morgan fingerprint density at radius 2 is 1.67 bits per heavy atom. The number of benzene rings is 2. The van der Waals surface area contributed by atoms with E-state index in [4.69, 9.17) is 0 Å². The number of ketones is 1. The summed E-state index contributed by atoms with van der Waals surface area (Å²) in [6.45, 7) is 3.52. The zero-order valence-corrected chi connectivity index (χ0v) is 18.5. The molecule has 0 amide bonds. The Morgan fingerprint density at radius 1 is 1.00 bits per heavy atom. The van der Waals surface area contributed by atoms with Gasteiger partial charge in [-0.05, 0) is 62.8 Å². The summed E-state index contributed by atoms with van der Waals surface area (Å²) in [5.74, 6) is 0.425. The summed E-state index contributed by atoms with van der Waals surface area (Å²) in [4.78, 5) is 12.1. The van der Waals surface area contributed by atoms with Crippen molar-refractivity contribution in [3.05, 3.63) is 65.4 Å². The molecule has 1 aliphatic carbocycles. The molecule has 0 aliphatic heterocycles. The molecule has 1 heterocycles. The average Bonchev–Trinajstić information content (AvgIpc) is 3.08. The Morgan fingerprint density at radius 3 is 2.33 bits per heavy atom. The van der Waals surface area contributed by atoms with Gasteiger partial charge in [-0.3, -0.25) is 0 Å². The number of rotatable bonds is 6. The second-order valence-corrected chi connectivity index (χ2v) is 10.3. The molecule has 3 aromatic rings. The number of nitrogens with zero attached hydrogens (tertiary/aromatic N) is 1. The number of para-hydroxylation sites is 1.